The van der Waals surface area contributed by atoms with Gasteiger partial charge in [-0.3, -0.25) is 4.79 Å². The lowest BCUT2D eigenvalue weighted by molar-refractivity contribution is -0.140. The predicted molar refractivity (Wildman–Crippen MR) is 101 cm³/mol. The molecule has 0 saturated heterocycles. The van der Waals surface area contributed by atoms with E-state index in [2.05, 4.69) is 5.32 Å². The van der Waals surface area contributed by atoms with Gasteiger partial charge in [-0.05, 0) is 49.4 Å². The topological polar surface area (TPSA) is 49.3 Å². The van der Waals surface area contributed by atoms with Crippen LogP contribution in [0.15, 0.2) is 36.4 Å². The van der Waals surface area contributed by atoms with Gasteiger partial charge in [-0.1, -0.05) is 29.8 Å². The summed E-state index contributed by atoms with van der Waals surface area (Å²) in [7, 11) is 0. The Hall–Kier alpha value is -2.26. The quantitative estimate of drug-likeness (QED) is 0.565. The largest absolute Gasteiger partial charge is 0.419 e. The lowest BCUT2D eigenvalue weighted by Gasteiger charge is -2.41. The van der Waals surface area contributed by atoms with Crippen molar-refractivity contribution >= 4 is 17.5 Å². The predicted octanol–water partition coefficient (Wildman–Crippen LogP) is 5.75. The average Bonchev–Trinajstić information content (AvgIpc) is 2.70. The Morgan fingerprint density at radius 2 is 1.74 bits per heavy atom. The van der Waals surface area contributed by atoms with Crippen molar-refractivity contribution in [2.24, 2.45) is 0 Å². The maximum absolute atomic E-state index is 14.4. The molecule has 1 saturated carbocycles. The van der Waals surface area contributed by atoms with Gasteiger partial charge in [-0.2, -0.15) is 13.2 Å². The lowest BCUT2D eigenvalue weighted by atomic mass is 9.76. The van der Waals surface area contributed by atoms with Gasteiger partial charge in [0.05, 0.1) is 27.8 Å². The zero-order valence-corrected chi connectivity index (χ0v) is 16.7. The first kappa shape index (κ1) is 23.4. The number of aliphatic hydroxyl groups is 1. The zero-order valence-electron chi connectivity index (χ0n) is 15.9. The highest BCUT2D eigenvalue weighted by molar-refractivity contribution is 6.31. The minimum Gasteiger partial charge on any atom is -0.387 e. The van der Waals surface area contributed by atoms with E-state index in [1.54, 1.807) is 0 Å². The van der Waals surface area contributed by atoms with Crippen molar-refractivity contribution in [3.05, 3.63) is 69.7 Å². The van der Waals surface area contributed by atoms with Crippen molar-refractivity contribution in [2.75, 3.05) is 0 Å². The van der Waals surface area contributed by atoms with E-state index in [-0.39, 0.29) is 31.2 Å². The van der Waals surface area contributed by atoms with Crippen LogP contribution in [0, 0.1) is 11.6 Å². The second kappa shape index (κ2) is 8.70. The average molecular weight is 466 g/mol. The Balaban J connectivity index is 2.02. The van der Waals surface area contributed by atoms with Crippen molar-refractivity contribution in [1.29, 1.82) is 0 Å². The molecular weight excluding hydrogens is 448 g/mol. The number of amides is 1. The summed E-state index contributed by atoms with van der Waals surface area (Å²) in [5.41, 5.74) is -4.36. The van der Waals surface area contributed by atoms with Crippen LogP contribution in [0.5, 0.6) is 0 Å². The molecule has 168 valence electrons. The monoisotopic (exact) mass is 465 g/mol. The summed E-state index contributed by atoms with van der Waals surface area (Å²) in [5.74, 6) is -3.90. The smallest absolute Gasteiger partial charge is 0.387 e. The van der Waals surface area contributed by atoms with Crippen LogP contribution in [0.4, 0.5) is 26.3 Å². The van der Waals surface area contributed by atoms with Gasteiger partial charge >= 0.3 is 6.18 Å². The number of hydrogen-bond donors (Lipinski definition) is 2. The third kappa shape index (κ3) is 4.82. The number of benzene rings is 2. The Labute approximate surface area is 179 Å². The van der Waals surface area contributed by atoms with Crippen LogP contribution in [-0.4, -0.2) is 22.8 Å². The molecule has 0 bridgehead atoms. The summed E-state index contributed by atoms with van der Waals surface area (Å²) >= 11 is 6.01. The number of carbonyl (C=O) groups is 1. The van der Waals surface area contributed by atoms with E-state index in [1.807, 2.05) is 0 Å². The van der Waals surface area contributed by atoms with Crippen LogP contribution >= 0.6 is 11.6 Å². The number of rotatable bonds is 4. The summed E-state index contributed by atoms with van der Waals surface area (Å²) in [5, 5.41) is 13.0. The van der Waals surface area contributed by atoms with Crippen molar-refractivity contribution in [1.82, 2.24) is 5.32 Å². The standard InChI is InChI=1S/C21H18ClF6NO2/c22-16-12(3-2-6-15(16)24)18(20(31)9-7-11(23)8-10-20)29-19(30)13-4-1-5-14(17(13)25)21(26,27)28/h1-6,11,18,31H,7-10H2,(H,29,30)/t11-,18?,20-. The normalized spacial score (nSPS) is 22.8. The minimum atomic E-state index is -5.02. The molecule has 2 N–H and O–H groups in total. The number of carbonyl (C=O) groups excluding carboxylic acids is 1. The Morgan fingerprint density at radius 1 is 1.13 bits per heavy atom. The fraction of sp³-hybridized carbons (Fsp3) is 0.381. The van der Waals surface area contributed by atoms with Crippen LogP contribution < -0.4 is 5.32 Å². The second-order valence-electron chi connectivity index (χ2n) is 7.49. The van der Waals surface area contributed by atoms with E-state index in [9.17, 15) is 36.2 Å². The number of alkyl halides is 4. The van der Waals surface area contributed by atoms with E-state index in [0.29, 0.717) is 6.07 Å². The maximum atomic E-state index is 14.4. The summed E-state index contributed by atoms with van der Waals surface area (Å²) in [6, 6.07) is 4.43. The first-order valence-corrected chi connectivity index (χ1v) is 9.79. The molecule has 2 aromatic carbocycles. The van der Waals surface area contributed by atoms with Gasteiger partial charge in [-0.15, -0.1) is 0 Å². The van der Waals surface area contributed by atoms with Gasteiger partial charge in [0.25, 0.3) is 5.91 Å². The van der Waals surface area contributed by atoms with Crippen LogP contribution in [0.2, 0.25) is 5.02 Å². The number of nitrogens with one attached hydrogen (secondary N) is 1. The highest BCUT2D eigenvalue weighted by Gasteiger charge is 2.44. The molecule has 1 aliphatic carbocycles. The maximum Gasteiger partial charge on any atom is 0.419 e. The highest BCUT2D eigenvalue weighted by Crippen LogP contribution is 2.42. The summed E-state index contributed by atoms with van der Waals surface area (Å²) < 4.78 is 81.1. The van der Waals surface area contributed by atoms with Gasteiger partial charge in [0.2, 0.25) is 0 Å². The Bertz CT molecular complexity index is 973. The van der Waals surface area contributed by atoms with Gasteiger partial charge in [0, 0.05) is 0 Å². The lowest BCUT2D eigenvalue weighted by Crippen LogP contribution is -2.49. The van der Waals surface area contributed by atoms with E-state index < -0.39 is 57.7 Å². The second-order valence-corrected chi connectivity index (χ2v) is 7.87. The van der Waals surface area contributed by atoms with Crippen LogP contribution in [0.1, 0.15) is 53.2 Å². The molecule has 3 nitrogen and oxygen atoms in total. The van der Waals surface area contributed by atoms with E-state index >= 15 is 0 Å². The molecule has 2 aromatic rings. The van der Waals surface area contributed by atoms with Crippen LogP contribution in [0.3, 0.4) is 0 Å². The third-order valence-corrected chi connectivity index (χ3v) is 5.83. The van der Waals surface area contributed by atoms with Gasteiger partial charge in [0.15, 0.2) is 0 Å². The van der Waals surface area contributed by atoms with Crippen molar-refractivity contribution in [3.8, 4) is 0 Å². The Morgan fingerprint density at radius 3 is 2.35 bits per heavy atom. The molecule has 0 aromatic heterocycles. The minimum absolute atomic E-state index is 0.0479. The molecule has 0 spiro atoms. The molecule has 1 unspecified atom stereocenters. The number of hydrogen-bond acceptors (Lipinski definition) is 2. The molecule has 10 heteroatoms. The number of halogens is 7. The molecule has 0 aliphatic heterocycles. The summed E-state index contributed by atoms with van der Waals surface area (Å²) in [6.07, 6.45) is -6.56. The highest BCUT2D eigenvalue weighted by atomic mass is 35.5. The molecule has 1 aliphatic rings. The van der Waals surface area contributed by atoms with E-state index in [0.717, 1.165) is 18.2 Å². The van der Waals surface area contributed by atoms with Crippen molar-refractivity contribution in [3.63, 3.8) is 0 Å². The van der Waals surface area contributed by atoms with Gasteiger partial charge in [-0.25, -0.2) is 13.2 Å². The molecule has 1 fully saturated rings. The van der Waals surface area contributed by atoms with Gasteiger partial charge in [0.1, 0.15) is 17.8 Å². The first-order chi connectivity index (χ1) is 14.4. The van der Waals surface area contributed by atoms with Crippen LogP contribution in [0.25, 0.3) is 0 Å². The first-order valence-electron chi connectivity index (χ1n) is 9.41. The zero-order chi connectivity index (χ0) is 23.0. The molecule has 0 heterocycles. The fourth-order valence-electron chi connectivity index (χ4n) is 3.75. The van der Waals surface area contributed by atoms with Gasteiger partial charge < -0.3 is 10.4 Å². The fourth-order valence-corrected chi connectivity index (χ4v) is 3.99. The van der Waals surface area contributed by atoms with Crippen molar-refractivity contribution in [2.45, 2.75) is 49.7 Å². The van der Waals surface area contributed by atoms with Crippen LogP contribution in [-0.2, 0) is 6.18 Å². The molecule has 0 radical (unpaired) electrons. The van der Waals surface area contributed by atoms with Crippen molar-refractivity contribution < 1.29 is 36.2 Å². The molecule has 1 atom stereocenters. The summed E-state index contributed by atoms with van der Waals surface area (Å²) in [4.78, 5) is 12.7. The molecule has 3 rings (SSSR count). The van der Waals surface area contributed by atoms with E-state index in [1.165, 1.54) is 12.1 Å². The Kier molecular flexibility index (Phi) is 6.57. The molecular formula is C21H18ClF6NO2. The summed E-state index contributed by atoms with van der Waals surface area (Å²) in [6.45, 7) is 0. The van der Waals surface area contributed by atoms with E-state index in [4.69, 9.17) is 11.6 Å². The SMILES string of the molecule is O=C(NC(c1cccc(F)c1Cl)[C@]1(O)CC[C@H](F)CC1)c1cccc(C(F)(F)F)c1F. The molecule has 31 heavy (non-hydrogen) atoms. The molecule has 1 amide bonds. The third-order valence-electron chi connectivity index (χ3n) is 5.43.